The molecule has 0 atom stereocenters. The number of pyridine rings is 4. The SMILES string of the molecule is Nc1cncc(-c2cnc3[nH]nc(-c4nc5c(-c6cccnc6)nccc5[nH]4)c3c2F)c1. The summed E-state index contributed by atoms with van der Waals surface area (Å²) in [6.07, 6.45) is 9.56. The number of hydrogen-bond acceptors (Lipinski definition) is 7. The van der Waals surface area contributed by atoms with Gasteiger partial charge in [0, 0.05) is 53.9 Å². The molecule has 0 aliphatic rings. The van der Waals surface area contributed by atoms with Crippen molar-refractivity contribution in [3.8, 4) is 33.9 Å². The molecule has 0 amide bonds. The van der Waals surface area contributed by atoms with Gasteiger partial charge in [-0.05, 0) is 24.3 Å². The molecule has 6 aromatic heterocycles. The van der Waals surface area contributed by atoms with E-state index in [0.717, 1.165) is 11.1 Å². The van der Waals surface area contributed by atoms with Crippen LogP contribution in [0.3, 0.4) is 0 Å². The molecule has 6 aromatic rings. The smallest absolute Gasteiger partial charge is 0.159 e. The minimum atomic E-state index is -0.489. The number of H-pyrrole nitrogens is 2. The molecule has 32 heavy (non-hydrogen) atoms. The first-order valence-corrected chi connectivity index (χ1v) is 9.68. The third-order valence-electron chi connectivity index (χ3n) is 5.16. The molecule has 0 saturated carbocycles. The summed E-state index contributed by atoms with van der Waals surface area (Å²) in [5, 5.41) is 7.29. The highest BCUT2D eigenvalue weighted by Crippen LogP contribution is 2.34. The fourth-order valence-electron chi connectivity index (χ4n) is 3.69. The van der Waals surface area contributed by atoms with Crippen LogP contribution in [0.15, 0.2) is 61.4 Å². The van der Waals surface area contributed by atoms with Gasteiger partial charge < -0.3 is 10.7 Å². The summed E-state index contributed by atoms with van der Waals surface area (Å²) in [4.78, 5) is 24.9. The van der Waals surface area contributed by atoms with E-state index in [2.05, 4.69) is 40.1 Å². The predicted octanol–water partition coefficient (Wildman–Crippen LogP) is 3.74. The lowest BCUT2D eigenvalue weighted by Crippen LogP contribution is -1.93. The highest BCUT2D eigenvalue weighted by molar-refractivity contribution is 5.96. The van der Waals surface area contributed by atoms with Gasteiger partial charge in [-0.25, -0.2) is 14.4 Å². The van der Waals surface area contributed by atoms with Gasteiger partial charge in [0.05, 0.1) is 22.3 Å². The average Bonchev–Trinajstić information content (AvgIpc) is 3.44. The highest BCUT2D eigenvalue weighted by atomic mass is 19.1. The molecule has 0 fully saturated rings. The molecule has 0 unspecified atom stereocenters. The molecule has 6 rings (SSSR count). The van der Waals surface area contributed by atoms with Gasteiger partial charge in [0.2, 0.25) is 0 Å². The van der Waals surface area contributed by atoms with Crippen LogP contribution < -0.4 is 5.73 Å². The molecule has 0 aliphatic carbocycles. The number of nitrogens with zero attached hydrogens (tertiary/aromatic N) is 6. The Morgan fingerprint density at radius 3 is 2.66 bits per heavy atom. The van der Waals surface area contributed by atoms with Gasteiger partial charge in [-0.1, -0.05) is 0 Å². The van der Waals surface area contributed by atoms with Crippen molar-refractivity contribution < 1.29 is 4.39 Å². The first kappa shape index (κ1) is 18.1. The second-order valence-corrected chi connectivity index (χ2v) is 7.17. The first-order chi connectivity index (χ1) is 15.7. The van der Waals surface area contributed by atoms with Crippen molar-refractivity contribution in [1.82, 2.24) is 40.1 Å². The Labute approximate surface area is 179 Å². The maximum atomic E-state index is 15.6. The number of aromatic nitrogens is 8. The maximum Gasteiger partial charge on any atom is 0.159 e. The Morgan fingerprint density at radius 2 is 1.81 bits per heavy atom. The average molecular weight is 423 g/mol. The van der Waals surface area contributed by atoms with E-state index in [1.165, 1.54) is 18.6 Å². The van der Waals surface area contributed by atoms with Crippen molar-refractivity contribution in [2.45, 2.75) is 0 Å². The van der Waals surface area contributed by atoms with Crippen molar-refractivity contribution >= 4 is 27.8 Å². The number of imidazole rings is 1. The van der Waals surface area contributed by atoms with E-state index in [0.29, 0.717) is 39.6 Å². The summed E-state index contributed by atoms with van der Waals surface area (Å²) in [6.45, 7) is 0. The summed E-state index contributed by atoms with van der Waals surface area (Å²) in [7, 11) is 0. The molecule has 0 saturated heterocycles. The van der Waals surface area contributed by atoms with Gasteiger partial charge in [-0.2, -0.15) is 5.10 Å². The second-order valence-electron chi connectivity index (χ2n) is 7.17. The van der Waals surface area contributed by atoms with Crippen LogP contribution in [-0.2, 0) is 0 Å². The van der Waals surface area contributed by atoms with Crippen molar-refractivity contribution in [3.63, 3.8) is 0 Å². The zero-order valence-electron chi connectivity index (χ0n) is 16.4. The van der Waals surface area contributed by atoms with Crippen LogP contribution in [0.5, 0.6) is 0 Å². The molecule has 9 nitrogen and oxygen atoms in total. The molecular formula is C22H14FN9. The molecule has 4 N–H and O–H groups in total. The van der Waals surface area contributed by atoms with Gasteiger partial charge in [0.15, 0.2) is 11.5 Å². The number of hydrogen-bond donors (Lipinski definition) is 3. The van der Waals surface area contributed by atoms with Crippen LogP contribution in [0.25, 0.3) is 56.0 Å². The summed E-state index contributed by atoms with van der Waals surface area (Å²) >= 11 is 0. The van der Waals surface area contributed by atoms with Gasteiger partial charge in [0.1, 0.15) is 17.0 Å². The molecule has 0 radical (unpaired) electrons. The van der Waals surface area contributed by atoms with Crippen LogP contribution in [0, 0.1) is 5.82 Å². The number of fused-ring (bicyclic) bond motifs is 2. The number of nitrogen functional groups attached to an aromatic ring is 1. The van der Waals surface area contributed by atoms with E-state index in [1.807, 2.05) is 12.1 Å². The van der Waals surface area contributed by atoms with Crippen LogP contribution >= 0.6 is 0 Å². The van der Waals surface area contributed by atoms with Gasteiger partial charge >= 0.3 is 0 Å². The molecule has 10 heteroatoms. The fraction of sp³-hybridized carbons (Fsp3) is 0. The first-order valence-electron chi connectivity index (χ1n) is 9.68. The maximum absolute atomic E-state index is 15.6. The van der Waals surface area contributed by atoms with E-state index < -0.39 is 5.82 Å². The molecule has 0 spiro atoms. The zero-order chi connectivity index (χ0) is 21.7. The number of anilines is 1. The molecule has 154 valence electrons. The molecule has 6 heterocycles. The molecular weight excluding hydrogens is 409 g/mol. The summed E-state index contributed by atoms with van der Waals surface area (Å²) in [5.41, 5.74) is 10.5. The number of rotatable bonds is 3. The van der Waals surface area contributed by atoms with E-state index in [1.54, 1.807) is 30.7 Å². The normalized spacial score (nSPS) is 11.4. The lowest BCUT2D eigenvalue weighted by atomic mass is 10.1. The van der Waals surface area contributed by atoms with Crippen LogP contribution in [-0.4, -0.2) is 40.1 Å². The minimum Gasteiger partial charge on any atom is -0.397 e. The Bertz CT molecular complexity index is 1600. The van der Waals surface area contributed by atoms with Gasteiger partial charge in [0.25, 0.3) is 0 Å². The second kappa shape index (κ2) is 6.91. The van der Waals surface area contributed by atoms with E-state index in [4.69, 9.17) is 5.73 Å². The van der Waals surface area contributed by atoms with E-state index in [-0.39, 0.29) is 10.9 Å². The van der Waals surface area contributed by atoms with Crippen LogP contribution in [0.4, 0.5) is 10.1 Å². The van der Waals surface area contributed by atoms with Crippen LogP contribution in [0.1, 0.15) is 0 Å². The van der Waals surface area contributed by atoms with Crippen molar-refractivity contribution in [3.05, 3.63) is 67.3 Å². The molecule has 0 bridgehead atoms. The minimum absolute atomic E-state index is 0.222. The van der Waals surface area contributed by atoms with E-state index >= 15 is 4.39 Å². The quantitative estimate of drug-likeness (QED) is 0.394. The standard InChI is InChI=1S/C22H14FN9/c23-17-14(12-6-13(24)9-26-8-12)10-28-21-16(17)20(31-32-21)22-29-15-3-5-27-18(19(15)30-22)11-2-1-4-25-7-11/h1-10H,24H2,(H,29,30)(H,28,31,32). The fourth-order valence-corrected chi connectivity index (χ4v) is 3.69. The number of nitrogens with one attached hydrogen (secondary N) is 2. The Morgan fingerprint density at radius 1 is 0.906 bits per heavy atom. The van der Waals surface area contributed by atoms with E-state index in [9.17, 15) is 0 Å². The molecule has 0 aliphatic heterocycles. The summed E-state index contributed by atoms with van der Waals surface area (Å²) in [5.74, 6) is -0.0924. The lowest BCUT2D eigenvalue weighted by Gasteiger charge is -2.05. The lowest BCUT2D eigenvalue weighted by molar-refractivity contribution is 0.642. The number of aromatic amines is 2. The third-order valence-corrected chi connectivity index (χ3v) is 5.16. The third kappa shape index (κ3) is 2.77. The number of halogens is 1. The van der Waals surface area contributed by atoms with Crippen molar-refractivity contribution in [1.29, 1.82) is 0 Å². The molecule has 0 aromatic carbocycles. The Hall–Kier alpha value is -4.73. The monoisotopic (exact) mass is 423 g/mol. The predicted molar refractivity (Wildman–Crippen MR) is 118 cm³/mol. The Balaban J connectivity index is 1.55. The van der Waals surface area contributed by atoms with Crippen molar-refractivity contribution in [2.75, 3.05) is 5.73 Å². The topological polar surface area (TPSA) is 135 Å². The van der Waals surface area contributed by atoms with Crippen molar-refractivity contribution in [2.24, 2.45) is 0 Å². The zero-order valence-corrected chi connectivity index (χ0v) is 16.4. The largest absolute Gasteiger partial charge is 0.397 e. The number of nitrogens with two attached hydrogens (primary N) is 1. The highest BCUT2D eigenvalue weighted by Gasteiger charge is 2.21. The van der Waals surface area contributed by atoms with Crippen LogP contribution in [0.2, 0.25) is 0 Å². The van der Waals surface area contributed by atoms with Gasteiger partial charge in [-0.3, -0.25) is 20.1 Å². The Kier molecular flexibility index (Phi) is 3.90. The van der Waals surface area contributed by atoms with Gasteiger partial charge in [-0.15, -0.1) is 0 Å². The summed E-state index contributed by atoms with van der Waals surface area (Å²) in [6, 6.07) is 7.19. The summed E-state index contributed by atoms with van der Waals surface area (Å²) < 4.78 is 15.6.